The fourth-order valence-corrected chi connectivity index (χ4v) is 3.79. The number of nitro benzene ring substituents is 1. The van der Waals surface area contributed by atoms with Gasteiger partial charge in [-0.3, -0.25) is 24.0 Å². The van der Waals surface area contributed by atoms with Gasteiger partial charge in [0.1, 0.15) is 5.75 Å². The van der Waals surface area contributed by atoms with Crippen LogP contribution in [0.4, 0.5) is 5.69 Å². The van der Waals surface area contributed by atoms with Gasteiger partial charge in [0.25, 0.3) is 11.2 Å². The first-order chi connectivity index (χ1) is 14.6. The van der Waals surface area contributed by atoms with Gasteiger partial charge in [-0.2, -0.15) is 0 Å². The highest BCUT2D eigenvalue weighted by atomic mass is 16.6. The molecule has 2 aromatic heterocycles. The molecule has 158 valence electrons. The lowest BCUT2D eigenvalue weighted by atomic mass is 10.1. The van der Waals surface area contributed by atoms with Gasteiger partial charge in [-0.15, -0.1) is 0 Å². The van der Waals surface area contributed by atoms with Crippen molar-refractivity contribution in [1.82, 2.24) is 13.7 Å². The number of aryl methyl sites for hydroxylation is 3. The third-order valence-corrected chi connectivity index (χ3v) is 5.51. The number of phenolic OH excluding ortho intramolecular Hbond substituents is 1. The second-order valence-corrected chi connectivity index (χ2v) is 7.56. The molecule has 9 heteroatoms. The summed E-state index contributed by atoms with van der Waals surface area (Å²) in [6.45, 7) is 3.49. The van der Waals surface area contributed by atoms with Crippen molar-refractivity contribution < 1.29 is 10.0 Å². The van der Waals surface area contributed by atoms with Crippen molar-refractivity contribution in [2.75, 3.05) is 0 Å². The third kappa shape index (κ3) is 3.02. The fraction of sp³-hybridized carbons (Fsp3) is 0.182. The van der Waals surface area contributed by atoms with Crippen molar-refractivity contribution in [3.05, 3.63) is 84.7 Å². The molecule has 0 radical (unpaired) electrons. The molecular weight excluding hydrogens is 400 g/mol. The summed E-state index contributed by atoms with van der Waals surface area (Å²) in [6, 6.07) is 9.71. The van der Waals surface area contributed by atoms with E-state index in [0.29, 0.717) is 28.0 Å². The molecule has 2 aromatic carbocycles. The van der Waals surface area contributed by atoms with E-state index in [9.17, 15) is 24.8 Å². The Bertz CT molecular complexity index is 1510. The van der Waals surface area contributed by atoms with Crippen molar-refractivity contribution in [2.45, 2.75) is 13.8 Å². The molecule has 0 aliphatic rings. The summed E-state index contributed by atoms with van der Waals surface area (Å²) in [5.41, 5.74) is 1.76. The molecule has 0 saturated heterocycles. The normalized spacial score (nSPS) is 11.2. The van der Waals surface area contributed by atoms with E-state index < -0.39 is 16.2 Å². The van der Waals surface area contributed by atoms with Crippen LogP contribution in [-0.4, -0.2) is 23.7 Å². The molecule has 0 bridgehead atoms. The molecule has 0 saturated carbocycles. The number of nitro groups is 1. The highest BCUT2D eigenvalue weighted by Gasteiger charge is 2.23. The van der Waals surface area contributed by atoms with Crippen molar-refractivity contribution in [3.8, 4) is 22.7 Å². The van der Waals surface area contributed by atoms with E-state index in [1.165, 1.54) is 23.7 Å². The summed E-state index contributed by atoms with van der Waals surface area (Å²) in [4.78, 5) is 36.6. The minimum absolute atomic E-state index is 0.0319. The number of aromatic nitrogens is 3. The summed E-state index contributed by atoms with van der Waals surface area (Å²) in [7, 11) is 2.93. The smallest absolute Gasteiger partial charge is 0.330 e. The maximum atomic E-state index is 13.1. The summed E-state index contributed by atoms with van der Waals surface area (Å²) in [6.07, 6.45) is 1.59. The highest BCUT2D eigenvalue weighted by Crippen LogP contribution is 2.36. The largest absolute Gasteiger partial charge is 0.506 e. The Kier molecular flexibility index (Phi) is 4.53. The number of phenols is 1. The average molecular weight is 420 g/mol. The quantitative estimate of drug-likeness (QED) is 0.405. The number of rotatable bonds is 3. The van der Waals surface area contributed by atoms with Gasteiger partial charge in [-0.05, 0) is 31.5 Å². The SMILES string of the molecule is Cc1ccc(O)c(-n2cc3c(c2-c2ccc(C)c([N+](=O)[O-])c2)c(=O)n(C)c(=O)n3C)c1. The second-order valence-electron chi connectivity index (χ2n) is 7.56. The minimum Gasteiger partial charge on any atom is -0.506 e. The van der Waals surface area contributed by atoms with Gasteiger partial charge >= 0.3 is 5.69 Å². The predicted octanol–water partition coefficient (Wildman–Crippen LogP) is 2.93. The molecule has 0 fully saturated rings. The number of benzene rings is 2. The molecule has 4 rings (SSSR count). The van der Waals surface area contributed by atoms with Crippen LogP contribution >= 0.6 is 0 Å². The lowest BCUT2D eigenvalue weighted by Gasteiger charge is -2.13. The highest BCUT2D eigenvalue weighted by molar-refractivity contribution is 5.95. The van der Waals surface area contributed by atoms with Gasteiger partial charge in [0, 0.05) is 37.5 Å². The standard InChI is InChI=1S/C22H20N4O5/c1-12-5-8-18(27)16(9-12)25-11-17-19(21(28)24(4)22(29)23(17)3)20(25)14-7-6-13(2)15(10-14)26(30)31/h5-11,27H,1-4H3. The Morgan fingerprint density at radius 1 is 1.00 bits per heavy atom. The first kappa shape index (κ1) is 20.1. The molecule has 0 atom stereocenters. The first-order valence-corrected chi connectivity index (χ1v) is 9.48. The van der Waals surface area contributed by atoms with Crippen molar-refractivity contribution in [1.29, 1.82) is 0 Å². The van der Waals surface area contributed by atoms with Crippen LogP contribution in [0, 0.1) is 24.0 Å². The van der Waals surface area contributed by atoms with Gasteiger partial charge in [-0.25, -0.2) is 4.79 Å². The summed E-state index contributed by atoms with van der Waals surface area (Å²) >= 11 is 0. The van der Waals surface area contributed by atoms with E-state index in [2.05, 4.69) is 0 Å². The molecule has 0 aliphatic carbocycles. The number of nitrogens with zero attached hydrogens (tertiary/aromatic N) is 4. The average Bonchev–Trinajstić information content (AvgIpc) is 3.13. The van der Waals surface area contributed by atoms with E-state index in [1.807, 2.05) is 6.92 Å². The summed E-state index contributed by atoms with van der Waals surface area (Å²) < 4.78 is 3.93. The molecule has 0 spiro atoms. The van der Waals surface area contributed by atoms with E-state index >= 15 is 0 Å². The van der Waals surface area contributed by atoms with Crippen LogP contribution < -0.4 is 11.2 Å². The number of hydrogen-bond donors (Lipinski definition) is 1. The van der Waals surface area contributed by atoms with Crippen molar-refractivity contribution in [3.63, 3.8) is 0 Å². The van der Waals surface area contributed by atoms with Crippen molar-refractivity contribution >= 4 is 16.6 Å². The maximum Gasteiger partial charge on any atom is 0.330 e. The van der Waals surface area contributed by atoms with Gasteiger partial charge < -0.3 is 9.67 Å². The summed E-state index contributed by atoms with van der Waals surface area (Å²) in [5.74, 6) is -0.0319. The Balaban J connectivity index is 2.24. The number of aromatic hydroxyl groups is 1. The van der Waals surface area contributed by atoms with Gasteiger partial charge in [0.15, 0.2) is 0 Å². The van der Waals surface area contributed by atoms with E-state index in [4.69, 9.17) is 0 Å². The molecule has 31 heavy (non-hydrogen) atoms. The zero-order valence-corrected chi connectivity index (χ0v) is 17.4. The Morgan fingerprint density at radius 2 is 1.71 bits per heavy atom. The van der Waals surface area contributed by atoms with E-state index in [0.717, 1.165) is 10.1 Å². The minimum atomic E-state index is -0.526. The Hall–Kier alpha value is -4.14. The van der Waals surface area contributed by atoms with Crippen molar-refractivity contribution in [2.24, 2.45) is 14.1 Å². The van der Waals surface area contributed by atoms with Crippen LogP contribution in [0.2, 0.25) is 0 Å². The van der Waals surface area contributed by atoms with Gasteiger partial charge in [0.2, 0.25) is 0 Å². The zero-order valence-electron chi connectivity index (χ0n) is 17.4. The summed E-state index contributed by atoms with van der Waals surface area (Å²) in [5, 5.41) is 22.3. The second kappa shape index (κ2) is 6.98. The van der Waals surface area contributed by atoms with E-state index in [-0.39, 0.29) is 16.8 Å². The third-order valence-electron chi connectivity index (χ3n) is 5.51. The molecule has 0 unspecified atom stereocenters. The first-order valence-electron chi connectivity index (χ1n) is 9.48. The lowest BCUT2D eigenvalue weighted by molar-refractivity contribution is -0.385. The van der Waals surface area contributed by atoms with Crippen LogP contribution in [0.25, 0.3) is 27.8 Å². The molecule has 9 nitrogen and oxygen atoms in total. The number of hydrogen-bond acceptors (Lipinski definition) is 5. The zero-order chi connectivity index (χ0) is 22.6. The Labute approximate surface area is 176 Å². The maximum absolute atomic E-state index is 13.1. The van der Waals surface area contributed by atoms with Crippen LogP contribution in [0.1, 0.15) is 11.1 Å². The predicted molar refractivity (Wildman–Crippen MR) is 117 cm³/mol. The van der Waals surface area contributed by atoms with Gasteiger partial charge in [0.05, 0.1) is 27.2 Å². The van der Waals surface area contributed by atoms with Crippen LogP contribution in [-0.2, 0) is 14.1 Å². The van der Waals surface area contributed by atoms with Crippen LogP contribution in [0.3, 0.4) is 0 Å². The molecule has 0 aliphatic heterocycles. The monoisotopic (exact) mass is 420 g/mol. The molecule has 4 aromatic rings. The fourth-order valence-electron chi connectivity index (χ4n) is 3.79. The topological polar surface area (TPSA) is 112 Å². The lowest BCUT2D eigenvalue weighted by Crippen LogP contribution is -2.36. The van der Waals surface area contributed by atoms with Crippen LogP contribution in [0.15, 0.2) is 52.2 Å². The Morgan fingerprint density at radius 3 is 2.39 bits per heavy atom. The molecule has 1 N–H and O–H groups in total. The molecule has 0 amide bonds. The molecule has 2 heterocycles. The van der Waals surface area contributed by atoms with Gasteiger partial charge in [-0.1, -0.05) is 18.2 Å². The van der Waals surface area contributed by atoms with E-state index in [1.54, 1.807) is 49.0 Å². The van der Waals surface area contributed by atoms with Crippen LogP contribution in [0.5, 0.6) is 5.75 Å². The number of fused-ring (bicyclic) bond motifs is 1. The molecular formula is C22H20N4O5.